The molecule has 0 unspecified atom stereocenters. The third-order valence-corrected chi connectivity index (χ3v) is 3.38. The second-order valence-corrected chi connectivity index (χ2v) is 5.17. The number of anilines is 1. The Morgan fingerprint density at radius 1 is 1.42 bits per heavy atom. The van der Waals surface area contributed by atoms with Gasteiger partial charge in [-0.3, -0.25) is 0 Å². The van der Waals surface area contributed by atoms with Gasteiger partial charge in [0.05, 0.1) is 5.56 Å². The lowest BCUT2D eigenvalue weighted by molar-refractivity contribution is 0.269. The van der Waals surface area contributed by atoms with Gasteiger partial charge in [0.25, 0.3) is 0 Å². The molecule has 104 valence electrons. The minimum absolute atomic E-state index is 0.594. The second kappa shape index (κ2) is 7.75. The van der Waals surface area contributed by atoms with Crippen LogP contribution in [-0.4, -0.2) is 36.1 Å². The number of hydrogen-bond acceptors (Lipinski definition) is 4. The Morgan fingerprint density at radius 2 is 2.16 bits per heavy atom. The van der Waals surface area contributed by atoms with Gasteiger partial charge in [-0.05, 0) is 58.8 Å². The molecule has 1 N–H and O–H groups in total. The van der Waals surface area contributed by atoms with Crippen molar-refractivity contribution in [3.8, 4) is 6.07 Å². The molecule has 0 radical (unpaired) electrons. The van der Waals surface area contributed by atoms with Gasteiger partial charge < -0.3 is 10.2 Å². The zero-order valence-corrected chi connectivity index (χ0v) is 12.4. The van der Waals surface area contributed by atoms with E-state index in [0.717, 1.165) is 31.5 Å². The molecule has 1 aromatic heterocycles. The lowest BCUT2D eigenvalue weighted by atomic mass is 10.1. The number of pyridine rings is 1. The van der Waals surface area contributed by atoms with Crippen LogP contribution in [-0.2, 0) is 0 Å². The molecule has 19 heavy (non-hydrogen) atoms. The molecule has 0 aliphatic rings. The first-order valence-electron chi connectivity index (χ1n) is 6.86. The molecule has 0 saturated heterocycles. The maximum atomic E-state index is 9.10. The average Bonchev–Trinajstić information content (AvgIpc) is 2.38. The zero-order valence-electron chi connectivity index (χ0n) is 12.4. The first-order valence-corrected chi connectivity index (χ1v) is 6.86. The quantitative estimate of drug-likeness (QED) is 0.766. The molecule has 0 aliphatic heterocycles. The summed E-state index contributed by atoms with van der Waals surface area (Å²) in [7, 11) is 2.15. The number of nitriles is 1. The summed E-state index contributed by atoms with van der Waals surface area (Å²) in [6.07, 6.45) is 3.97. The molecular formula is C15H24N4. The van der Waals surface area contributed by atoms with E-state index in [-0.39, 0.29) is 0 Å². The maximum Gasteiger partial charge on any atom is 0.144 e. The summed E-state index contributed by atoms with van der Waals surface area (Å²) in [5.41, 5.74) is 1.63. The molecule has 0 bridgehead atoms. The van der Waals surface area contributed by atoms with E-state index in [1.54, 1.807) is 6.20 Å². The lowest BCUT2D eigenvalue weighted by Gasteiger charge is -2.20. The molecule has 0 fully saturated rings. The fourth-order valence-electron chi connectivity index (χ4n) is 1.78. The van der Waals surface area contributed by atoms with E-state index in [2.05, 4.69) is 42.2 Å². The van der Waals surface area contributed by atoms with Crippen LogP contribution >= 0.6 is 0 Å². The van der Waals surface area contributed by atoms with Crippen LogP contribution in [0.3, 0.4) is 0 Å². The van der Waals surface area contributed by atoms with Crippen molar-refractivity contribution in [1.29, 1.82) is 5.26 Å². The molecule has 0 spiro atoms. The second-order valence-electron chi connectivity index (χ2n) is 5.17. The van der Waals surface area contributed by atoms with Gasteiger partial charge in [-0.2, -0.15) is 5.26 Å². The normalized spacial score (nSPS) is 10.8. The topological polar surface area (TPSA) is 52.0 Å². The zero-order chi connectivity index (χ0) is 14.3. The van der Waals surface area contributed by atoms with E-state index >= 15 is 0 Å². The van der Waals surface area contributed by atoms with E-state index in [1.807, 2.05) is 13.0 Å². The summed E-state index contributed by atoms with van der Waals surface area (Å²) >= 11 is 0. The van der Waals surface area contributed by atoms with Crippen molar-refractivity contribution in [2.75, 3.05) is 25.5 Å². The van der Waals surface area contributed by atoms with E-state index in [9.17, 15) is 0 Å². The highest BCUT2D eigenvalue weighted by Gasteiger charge is 2.06. The fourth-order valence-corrected chi connectivity index (χ4v) is 1.78. The van der Waals surface area contributed by atoms with Gasteiger partial charge in [-0.15, -0.1) is 0 Å². The Hall–Kier alpha value is -1.60. The van der Waals surface area contributed by atoms with Crippen LogP contribution in [0.2, 0.25) is 0 Å². The lowest BCUT2D eigenvalue weighted by Crippen LogP contribution is -2.27. The van der Waals surface area contributed by atoms with Crippen molar-refractivity contribution in [2.45, 2.75) is 39.7 Å². The smallest absolute Gasteiger partial charge is 0.144 e. The Kier molecular flexibility index (Phi) is 6.31. The monoisotopic (exact) mass is 260 g/mol. The van der Waals surface area contributed by atoms with Crippen molar-refractivity contribution < 1.29 is 0 Å². The van der Waals surface area contributed by atoms with E-state index in [4.69, 9.17) is 5.26 Å². The molecule has 4 heteroatoms. The van der Waals surface area contributed by atoms with Crippen LogP contribution in [0.4, 0.5) is 5.82 Å². The minimum Gasteiger partial charge on any atom is -0.369 e. The molecular weight excluding hydrogens is 236 g/mol. The van der Waals surface area contributed by atoms with Gasteiger partial charge >= 0.3 is 0 Å². The number of nitrogens with zero attached hydrogens (tertiary/aromatic N) is 3. The first-order chi connectivity index (χ1) is 9.06. The highest BCUT2D eigenvalue weighted by atomic mass is 15.1. The largest absolute Gasteiger partial charge is 0.369 e. The third-order valence-electron chi connectivity index (χ3n) is 3.38. The SMILES string of the molecule is Cc1ccnc(NCCCCN(C)C(C)C)c1C#N. The van der Waals surface area contributed by atoms with Crippen molar-refractivity contribution in [3.63, 3.8) is 0 Å². The van der Waals surface area contributed by atoms with Crippen molar-refractivity contribution in [1.82, 2.24) is 9.88 Å². The van der Waals surface area contributed by atoms with Crippen LogP contribution in [0.15, 0.2) is 12.3 Å². The van der Waals surface area contributed by atoms with Crippen LogP contribution in [0, 0.1) is 18.3 Å². The first kappa shape index (κ1) is 15.5. The highest BCUT2D eigenvalue weighted by molar-refractivity contribution is 5.55. The van der Waals surface area contributed by atoms with Gasteiger partial charge in [-0.1, -0.05) is 0 Å². The summed E-state index contributed by atoms with van der Waals surface area (Å²) in [4.78, 5) is 6.57. The van der Waals surface area contributed by atoms with Gasteiger partial charge in [0, 0.05) is 18.8 Å². The molecule has 1 heterocycles. The fraction of sp³-hybridized carbons (Fsp3) is 0.600. The Labute approximate surface area is 116 Å². The molecule has 0 saturated carbocycles. The van der Waals surface area contributed by atoms with Gasteiger partial charge in [0.1, 0.15) is 11.9 Å². The minimum atomic E-state index is 0.594. The molecule has 4 nitrogen and oxygen atoms in total. The van der Waals surface area contributed by atoms with Crippen molar-refractivity contribution >= 4 is 5.82 Å². The highest BCUT2D eigenvalue weighted by Crippen LogP contribution is 2.14. The number of unbranched alkanes of at least 4 members (excludes halogenated alkanes) is 1. The summed E-state index contributed by atoms with van der Waals surface area (Å²) in [6, 6.07) is 4.66. The summed E-state index contributed by atoms with van der Waals surface area (Å²) < 4.78 is 0. The van der Waals surface area contributed by atoms with Crippen LogP contribution < -0.4 is 5.32 Å². The summed E-state index contributed by atoms with van der Waals surface area (Å²) in [5.74, 6) is 0.708. The van der Waals surface area contributed by atoms with E-state index < -0.39 is 0 Å². The molecule has 0 aliphatic carbocycles. The predicted molar refractivity (Wildman–Crippen MR) is 79.2 cm³/mol. The van der Waals surface area contributed by atoms with Crippen LogP contribution in [0.5, 0.6) is 0 Å². The standard InChI is InChI=1S/C15H24N4/c1-12(2)19(4)10-6-5-8-17-15-14(11-16)13(3)7-9-18-15/h7,9,12H,5-6,8,10H2,1-4H3,(H,17,18). The van der Waals surface area contributed by atoms with Gasteiger partial charge in [-0.25, -0.2) is 4.98 Å². The number of aryl methyl sites for hydroxylation is 1. The molecule has 0 aromatic carbocycles. The molecule has 0 amide bonds. The van der Waals surface area contributed by atoms with Crippen molar-refractivity contribution in [3.05, 3.63) is 23.4 Å². The molecule has 0 atom stereocenters. The average molecular weight is 260 g/mol. The third kappa shape index (κ3) is 4.88. The van der Waals surface area contributed by atoms with E-state index in [1.165, 1.54) is 0 Å². The van der Waals surface area contributed by atoms with Crippen molar-refractivity contribution in [2.24, 2.45) is 0 Å². The Balaban J connectivity index is 2.35. The Bertz CT molecular complexity index is 434. The molecule has 1 aromatic rings. The summed E-state index contributed by atoms with van der Waals surface area (Å²) in [6.45, 7) is 8.30. The predicted octanol–water partition coefficient (Wildman–Crippen LogP) is 2.79. The van der Waals surface area contributed by atoms with Gasteiger partial charge in [0.15, 0.2) is 0 Å². The number of nitrogens with one attached hydrogen (secondary N) is 1. The van der Waals surface area contributed by atoms with Gasteiger partial charge in [0.2, 0.25) is 0 Å². The van der Waals surface area contributed by atoms with Crippen LogP contribution in [0.25, 0.3) is 0 Å². The Morgan fingerprint density at radius 3 is 2.79 bits per heavy atom. The van der Waals surface area contributed by atoms with Crippen LogP contribution in [0.1, 0.15) is 37.8 Å². The maximum absolute atomic E-state index is 9.10. The number of hydrogen-bond donors (Lipinski definition) is 1. The molecule has 1 rings (SSSR count). The number of rotatable bonds is 7. The summed E-state index contributed by atoms with van der Waals surface area (Å²) in [5, 5.41) is 12.4. The number of aromatic nitrogens is 1. The van der Waals surface area contributed by atoms with E-state index in [0.29, 0.717) is 17.4 Å².